The van der Waals surface area contributed by atoms with E-state index >= 15 is 0 Å². The van der Waals surface area contributed by atoms with Gasteiger partial charge in [-0.05, 0) is 18.2 Å². The molecule has 0 spiro atoms. The predicted octanol–water partition coefficient (Wildman–Crippen LogP) is 2.49. The van der Waals surface area contributed by atoms with Crippen LogP contribution in [0.4, 0.5) is 0 Å². The van der Waals surface area contributed by atoms with Crippen molar-refractivity contribution in [3.8, 4) is 0 Å². The van der Waals surface area contributed by atoms with E-state index in [2.05, 4.69) is 0 Å². The van der Waals surface area contributed by atoms with Crippen LogP contribution in [-0.4, -0.2) is 10.4 Å². The fraction of sp³-hybridized carbons (Fsp3) is 0.143. The lowest BCUT2D eigenvalue weighted by Crippen LogP contribution is -2.02. The molecule has 0 aliphatic heterocycles. The summed E-state index contributed by atoms with van der Waals surface area (Å²) in [6.07, 6.45) is 0. The number of ketones is 1. The first-order chi connectivity index (χ1) is 8.59. The maximum atomic E-state index is 11.9. The van der Waals surface area contributed by atoms with Gasteiger partial charge in [-0.3, -0.25) is 4.79 Å². The average Bonchev–Trinajstić information content (AvgIpc) is 2.69. The van der Waals surface area contributed by atoms with Gasteiger partial charge in [0.25, 0.3) is 0 Å². The Kier molecular flexibility index (Phi) is 2.13. The summed E-state index contributed by atoms with van der Waals surface area (Å²) in [6.45, 7) is 1.48. The van der Waals surface area contributed by atoms with Gasteiger partial charge in [0.15, 0.2) is 5.78 Å². The van der Waals surface area contributed by atoms with Crippen molar-refractivity contribution in [3.63, 3.8) is 0 Å². The van der Waals surface area contributed by atoms with E-state index in [1.54, 1.807) is 23.7 Å². The smallest absolute Gasteiger partial charge is 0.345 e. The summed E-state index contributed by atoms with van der Waals surface area (Å²) in [7, 11) is 1.78. The number of carbonyl (C=O) groups excluding carboxylic acids is 1. The topological polar surface area (TPSA) is 52.2 Å². The van der Waals surface area contributed by atoms with E-state index in [9.17, 15) is 9.59 Å². The third-order valence-electron chi connectivity index (χ3n) is 3.16. The number of carbonyl (C=O) groups is 1. The second kappa shape index (κ2) is 3.57. The molecule has 2 aromatic heterocycles. The molecule has 0 atom stereocenters. The summed E-state index contributed by atoms with van der Waals surface area (Å²) < 4.78 is 6.99. The number of Topliss-reactive ketones (excluding diaryl/α,β-unsaturated/α-hetero) is 1. The SMILES string of the molecule is CC(=O)c1cc2c(=O)oc3ccccc3c2n1C. The number of hydrogen-bond donors (Lipinski definition) is 0. The lowest BCUT2D eigenvalue weighted by atomic mass is 10.2. The molecule has 18 heavy (non-hydrogen) atoms. The molecule has 0 bridgehead atoms. The number of fused-ring (bicyclic) bond motifs is 3. The molecule has 0 saturated carbocycles. The van der Waals surface area contributed by atoms with Crippen LogP contribution in [0.2, 0.25) is 0 Å². The molecule has 2 heterocycles. The molecule has 0 amide bonds. The van der Waals surface area contributed by atoms with Gasteiger partial charge in [0.05, 0.1) is 16.6 Å². The molecule has 0 radical (unpaired) electrons. The highest BCUT2D eigenvalue weighted by molar-refractivity contribution is 6.07. The van der Waals surface area contributed by atoms with Crippen LogP contribution < -0.4 is 5.63 Å². The van der Waals surface area contributed by atoms with Crippen LogP contribution in [0, 0.1) is 0 Å². The monoisotopic (exact) mass is 241 g/mol. The minimum atomic E-state index is -0.410. The molecule has 1 aromatic carbocycles. The average molecular weight is 241 g/mol. The quantitative estimate of drug-likeness (QED) is 0.486. The standard InChI is InChI=1S/C14H11NO3/c1-8(16)11-7-10-13(15(11)2)9-5-3-4-6-12(9)18-14(10)17/h3-7H,1-2H3. The van der Waals surface area contributed by atoms with Gasteiger partial charge in [-0.2, -0.15) is 0 Å². The molecule has 3 rings (SSSR count). The van der Waals surface area contributed by atoms with Gasteiger partial charge >= 0.3 is 5.63 Å². The maximum absolute atomic E-state index is 11.9. The van der Waals surface area contributed by atoms with E-state index in [1.807, 2.05) is 18.2 Å². The van der Waals surface area contributed by atoms with Crippen LogP contribution in [-0.2, 0) is 7.05 Å². The Morgan fingerprint density at radius 3 is 2.67 bits per heavy atom. The lowest BCUT2D eigenvalue weighted by Gasteiger charge is -2.03. The van der Waals surface area contributed by atoms with E-state index in [-0.39, 0.29) is 5.78 Å². The zero-order valence-corrected chi connectivity index (χ0v) is 10.1. The van der Waals surface area contributed by atoms with Crippen LogP contribution in [0.15, 0.2) is 39.5 Å². The van der Waals surface area contributed by atoms with Crippen molar-refractivity contribution in [2.75, 3.05) is 0 Å². The van der Waals surface area contributed by atoms with Crippen LogP contribution >= 0.6 is 0 Å². The van der Waals surface area contributed by atoms with Crippen molar-refractivity contribution in [3.05, 3.63) is 46.4 Å². The minimum absolute atomic E-state index is 0.0721. The molecule has 4 nitrogen and oxygen atoms in total. The van der Waals surface area contributed by atoms with E-state index in [0.29, 0.717) is 16.7 Å². The summed E-state index contributed by atoms with van der Waals surface area (Å²) in [6, 6.07) is 8.91. The van der Waals surface area contributed by atoms with Crippen molar-refractivity contribution >= 4 is 27.7 Å². The summed E-state index contributed by atoms with van der Waals surface area (Å²) in [4.78, 5) is 23.4. The molecule has 0 unspecified atom stereocenters. The lowest BCUT2D eigenvalue weighted by molar-refractivity contribution is 0.101. The fourth-order valence-corrected chi connectivity index (χ4v) is 2.33. The van der Waals surface area contributed by atoms with E-state index < -0.39 is 5.63 Å². The molecule has 0 fully saturated rings. The number of aromatic nitrogens is 1. The molecule has 90 valence electrons. The van der Waals surface area contributed by atoms with Gasteiger partial charge in [0.1, 0.15) is 5.58 Å². The first-order valence-corrected chi connectivity index (χ1v) is 5.62. The van der Waals surface area contributed by atoms with Crippen molar-refractivity contribution in [2.45, 2.75) is 6.92 Å². The summed E-state index contributed by atoms with van der Waals surface area (Å²) in [5.74, 6) is -0.0721. The third-order valence-corrected chi connectivity index (χ3v) is 3.16. The third kappa shape index (κ3) is 1.32. The van der Waals surface area contributed by atoms with E-state index in [0.717, 1.165) is 10.9 Å². The molecule has 0 aliphatic rings. The zero-order chi connectivity index (χ0) is 12.9. The van der Waals surface area contributed by atoms with Crippen molar-refractivity contribution in [1.82, 2.24) is 4.57 Å². The van der Waals surface area contributed by atoms with Crippen LogP contribution in [0.3, 0.4) is 0 Å². The highest BCUT2D eigenvalue weighted by Crippen LogP contribution is 2.25. The van der Waals surface area contributed by atoms with Crippen molar-refractivity contribution < 1.29 is 9.21 Å². The van der Waals surface area contributed by atoms with Gasteiger partial charge in [-0.15, -0.1) is 0 Å². The molecule has 4 heteroatoms. The van der Waals surface area contributed by atoms with Crippen LogP contribution in [0.5, 0.6) is 0 Å². The molecular weight excluding hydrogens is 230 g/mol. The van der Waals surface area contributed by atoms with Crippen LogP contribution in [0.25, 0.3) is 21.9 Å². The van der Waals surface area contributed by atoms with Gasteiger partial charge in [-0.1, -0.05) is 12.1 Å². The second-order valence-corrected chi connectivity index (χ2v) is 4.29. The molecule has 0 N–H and O–H groups in total. The Bertz CT molecular complexity index is 839. The molecule has 3 aromatic rings. The number of para-hydroxylation sites is 1. The van der Waals surface area contributed by atoms with Crippen molar-refractivity contribution in [1.29, 1.82) is 0 Å². The van der Waals surface area contributed by atoms with Gasteiger partial charge in [0.2, 0.25) is 0 Å². The number of nitrogens with zero attached hydrogens (tertiary/aromatic N) is 1. The Labute approximate surface area is 102 Å². The first-order valence-electron chi connectivity index (χ1n) is 5.62. The number of benzene rings is 1. The molecule has 0 aliphatic carbocycles. The zero-order valence-electron chi connectivity index (χ0n) is 10.1. The van der Waals surface area contributed by atoms with E-state index in [4.69, 9.17) is 4.42 Å². The van der Waals surface area contributed by atoms with Gasteiger partial charge in [0, 0.05) is 19.4 Å². The molecular formula is C14H11NO3. The predicted molar refractivity (Wildman–Crippen MR) is 69.0 cm³/mol. The number of rotatable bonds is 1. The molecule has 0 saturated heterocycles. The Hall–Kier alpha value is -2.36. The summed E-state index contributed by atoms with van der Waals surface area (Å²) >= 11 is 0. The Morgan fingerprint density at radius 1 is 1.22 bits per heavy atom. The minimum Gasteiger partial charge on any atom is -0.422 e. The highest BCUT2D eigenvalue weighted by atomic mass is 16.4. The Morgan fingerprint density at radius 2 is 1.94 bits per heavy atom. The highest BCUT2D eigenvalue weighted by Gasteiger charge is 2.15. The van der Waals surface area contributed by atoms with Crippen molar-refractivity contribution in [2.24, 2.45) is 7.05 Å². The number of aryl methyl sites for hydroxylation is 1. The maximum Gasteiger partial charge on any atom is 0.345 e. The number of hydrogen-bond acceptors (Lipinski definition) is 3. The second-order valence-electron chi connectivity index (χ2n) is 4.29. The first kappa shape index (κ1) is 10.8. The fourth-order valence-electron chi connectivity index (χ4n) is 2.33. The van der Waals surface area contributed by atoms with Crippen LogP contribution in [0.1, 0.15) is 17.4 Å². The largest absolute Gasteiger partial charge is 0.422 e. The van der Waals surface area contributed by atoms with Gasteiger partial charge in [-0.25, -0.2) is 4.79 Å². The van der Waals surface area contributed by atoms with Gasteiger partial charge < -0.3 is 8.98 Å². The summed E-state index contributed by atoms with van der Waals surface area (Å²) in [5.41, 5.74) is 1.37. The summed E-state index contributed by atoms with van der Waals surface area (Å²) in [5, 5.41) is 1.28. The Balaban J connectivity index is 2.63. The van der Waals surface area contributed by atoms with E-state index in [1.165, 1.54) is 6.92 Å². The normalized spacial score (nSPS) is 11.2.